The molecule has 0 saturated carbocycles. The van der Waals surface area contributed by atoms with Crippen LogP contribution in [0, 0.1) is 0 Å². The Kier molecular flexibility index (Phi) is 3.13. The van der Waals surface area contributed by atoms with Crippen LogP contribution in [-0.2, 0) is 10.0 Å². The molecule has 0 bridgehead atoms. The number of carboxylic acid groups (broad SMARTS) is 1. The molecular weight excluding hydrogens is 284 g/mol. The largest absolute Gasteiger partial charge is 0.477 e. The third kappa shape index (κ3) is 2.62. The zero-order valence-corrected chi connectivity index (χ0v) is 10.6. The zero-order chi connectivity index (χ0) is 12.5. The van der Waals surface area contributed by atoms with Crippen molar-refractivity contribution in [2.75, 3.05) is 4.72 Å². The molecule has 2 aromatic rings. The number of rotatable bonds is 4. The van der Waals surface area contributed by atoms with Gasteiger partial charge < -0.3 is 5.11 Å². The molecule has 0 aliphatic heterocycles. The van der Waals surface area contributed by atoms with E-state index in [1.54, 1.807) is 5.38 Å². The summed E-state index contributed by atoms with van der Waals surface area (Å²) in [7, 11) is -3.74. The number of anilines is 1. The van der Waals surface area contributed by atoms with Crippen molar-refractivity contribution >= 4 is 43.8 Å². The lowest BCUT2D eigenvalue weighted by Crippen LogP contribution is -2.11. The molecule has 0 aliphatic rings. The number of thiazole rings is 1. The Labute approximate surface area is 105 Å². The average Bonchev–Trinajstić information content (AvgIpc) is 2.84. The minimum absolute atomic E-state index is 0.0236. The van der Waals surface area contributed by atoms with Crippen LogP contribution in [0.4, 0.5) is 5.13 Å². The third-order valence-corrected chi connectivity index (χ3v) is 5.43. The first-order chi connectivity index (χ1) is 7.99. The van der Waals surface area contributed by atoms with Crippen molar-refractivity contribution < 1.29 is 18.3 Å². The van der Waals surface area contributed by atoms with Gasteiger partial charge in [-0.15, -0.1) is 22.7 Å². The first kappa shape index (κ1) is 12.0. The molecule has 0 aromatic carbocycles. The van der Waals surface area contributed by atoms with Crippen molar-refractivity contribution in [2.24, 2.45) is 0 Å². The molecule has 0 atom stereocenters. The maximum Gasteiger partial charge on any atom is 0.345 e. The summed E-state index contributed by atoms with van der Waals surface area (Å²) >= 11 is 1.84. The van der Waals surface area contributed by atoms with E-state index in [1.807, 2.05) is 0 Å². The lowest BCUT2D eigenvalue weighted by molar-refractivity contribution is 0.0702. The number of nitrogens with one attached hydrogen (secondary N) is 1. The Balaban J connectivity index is 2.28. The van der Waals surface area contributed by atoms with Crippen molar-refractivity contribution in [1.82, 2.24) is 4.98 Å². The normalized spacial score (nSPS) is 11.3. The number of hydrogen-bond acceptors (Lipinski definition) is 6. The van der Waals surface area contributed by atoms with Gasteiger partial charge in [-0.2, -0.15) is 0 Å². The van der Waals surface area contributed by atoms with E-state index in [1.165, 1.54) is 18.3 Å². The molecule has 17 heavy (non-hydrogen) atoms. The Hall–Kier alpha value is -1.45. The summed E-state index contributed by atoms with van der Waals surface area (Å²) in [6.07, 6.45) is 1.47. The van der Waals surface area contributed by atoms with Gasteiger partial charge in [0.15, 0.2) is 5.13 Å². The highest BCUT2D eigenvalue weighted by atomic mass is 32.2. The smallest absolute Gasteiger partial charge is 0.345 e. The van der Waals surface area contributed by atoms with Gasteiger partial charge in [0.2, 0.25) is 0 Å². The van der Waals surface area contributed by atoms with Crippen LogP contribution in [0.15, 0.2) is 27.9 Å². The number of nitrogens with zero attached hydrogens (tertiary/aromatic N) is 1. The fraction of sp³-hybridized carbons (Fsp3) is 0. The minimum atomic E-state index is -3.74. The van der Waals surface area contributed by atoms with Gasteiger partial charge in [0.25, 0.3) is 10.0 Å². The molecule has 0 amide bonds. The van der Waals surface area contributed by atoms with Gasteiger partial charge in [-0.25, -0.2) is 18.2 Å². The van der Waals surface area contributed by atoms with Gasteiger partial charge in [0.05, 0.1) is 0 Å². The standard InChI is InChI=1S/C8H6N2O4S3/c11-7(12)5-1-2-6(16-5)17(13,14)10-8-9-3-4-15-8/h1-4H,(H,9,10)(H,11,12). The highest BCUT2D eigenvalue weighted by molar-refractivity contribution is 7.94. The van der Waals surface area contributed by atoms with Gasteiger partial charge >= 0.3 is 5.97 Å². The molecular formula is C8H6N2O4S3. The van der Waals surface area contributed by atoms with Crippen molar-refractivity contribution in [3.05, 3.63) is 28.6 Å². The SMILES string of the molecule is O=C(O)c1ccc(S(=O)(=O)Nc2nccs2)s1. The van der Waals surface area contributed by atoms with Crippen LogP contribution in [0.1, 0.15) is 9.67 Å². The molecule has 2 N–H and O–H groups in total. The van der Waals surface area contributed by atoms with Gasteiger partial charge in [0, 0.05) is 11.6 Å². The number of carboxylic acids is 1. The van der Waals surface area contributed by atoms with Crippen LogP contribution in [0.25, 0.3) is 0 Å². The predicted molar refractivity (Wildman–Crippen MR) is 64.2 cm³/mol. The van der Waals surface area contributed by atoms with Crippen molar-refractivity contribution in [2.45, 2.75) is 4.21 Å². The first-order valence-corrected chi connectivity index (χ1v) is 7.42. The molecule has 2 rings (SSSR count). The summed E-state index contributed by atoms with van der Waals surface area (Å²) in [5.41, 5.74) is 0. The second kappa shape index (κ2) is 4.43. The van der Waals surface area contributed by atoms with Crippen LogP contribution in [0.5, 0.6) is 0 Å². The van der Waals surface area contributed by atoms with Crippen LogP contribution < -0.4 is 4.72 Å². The molecule has 0 radical (unpaired) electrons. The summed E-state index contributed by atoms with van der Waals surface area (Å²) in [4.78, 5) is 14.4. The topological polar surface area (TPSA) is 96.4 Å². The Morgan fingerprint density at radius 3 is 2.71 bits per heavy atom. The van der Waals surface area contributed by atoms with Gasteiger partial charge in [-0.1, -0.05) is 0 Å². The summed E-state index contributed by atoms with van der Waals surface area (Å²) in [6, 6.07) is 2.51. The molecule has 90 valence electrons. The first-order valence-electron chi connectivity index (χ1n) is 4.24. The lowest BCUT2D eigenvalue weighted by Gasteiger charge is -2.01. The van der Waals surface area contributed by atoms with Gasteiger partial charge in [-0.3, -0.25) is 4.72 Å². The minimum Gasteiger partial charge on any atom is -0.477 e. The van der Waals surface area contributed by atoms with E-state index in [-0.39, 0.29) is 14.2 Å². The van der Waals surface area contributed by atoms with E-state index in [2.05, 4.69) is 9.71 Å². The average molecular weight is 290 g/mol. The molecule has 9 heteroatoms. The van der Waals surface area contributed by atoms with E-state index in [0.29, 0.717) is 11.3 Å². The second-order valence-corrected chi connectivity index (χ2v) is 6.75. The van der Waals surface area contributed by atoms with E-state index >= 15 is 0 Å². The monoisotopic (exact) mass is 290 g/mol. The third-order valence-electron chi connectivity index (χ3n) is 1.71. The fourth-order valence-electron chi connectivity index (χ4n) is 1.02. The predicted octanol–water partition coefficient (Wildman–Crippen LogP) is 1.70. The van der Waals surface area contributed by atoms with E-state index in [0.717, 1.165) is 11.3 Å². The van der Waals surface area contributed by atoms with Crippen molar-refractivity contribution in [3.63, 3.8) is 0 Å². The molecule has 2 heterocycles. The molecule has 6 nitrogen and oxygen atoms in total. The van der Waals surface area contributed by atoms with Crippen LogP contribution in [0.2, 0.25) is 0 Å². The number of sulfonamides is 1. The molecule has 0 aliphatic carbocycles. The summed E-state index contributed by atoms with van der Waals surface area (Å²) in [6.45, 7) is 0. The van der Waals surface area contributed by atoms with E-state index in [9.17, 15) is 13.2 Å². The molecule has 0 saturated heterocycles. The summed E-state index contributed by atoms with van der Waals surface area (Å²) in [5, 5.41) is 10.6. The van der Waals surface area contributed by atoms with E-state index in [4.69, 9.17) is 5.11 Å². The Bertz CT molecular complexity index is 630. The molecule has 2 aromatic heterocycles. The number of aromatic nitrogens is 1. The number of hydrogen-bond donors (Lipinski definition) is 2. The van der Waals surface area contributed by atoms with Crippen LogP contribution in [0.3, 0.4) is 0 Å². The van der Waals surface area contributed by atoms with Crippen LogP contribution >= 0.6 is 22.7 Å². The highest BCUT2D eigenvalue weighted by Gasteiger charge is 2.19. The van der Waals surface area contributed by atoms with E-state index < -0.39 is 16.0 Å². The number of carbonyl (C=O) groups is 1. The zero-order valence-electron chi connectivity index (χ0n) is 8.15. The number of aromatic carboxylic acids is 1. The summed E-state index contributed by atoms with van der Waals surface area (Å²) in [5.74, 6) is -1.15. The molecule has 0 spiro atoms. The fourth-order valence-corrected chi connectivity index (χ4v) is 3.95. The lowest BCUT2D eigenvalue weighted by atomic mass is 10.5. The highest BCUT2D eigenvalue weighted by Crippen LogP contribution is 2.24. The molecule has 0 fully saturated rings. The van der Waals surface area contributed by atoms with Crippen molar-refractivity contribution in [1.29, 1.82) is 0 Å². The maximum atomic E-state index is 11.8. The second-order valence-electron chi connectivity index (χ2n) is 2.87. The summed E-state index contributed by atoms with van der Waals surface area (Å²) < 4.78 is 25.8. The van der Waals surface area contributed by atoms with Gasteiger partial charge in [0.1, 0.15) is 9.09 Å². The van der Waals surface area contributed by atoms with Crippen LogP contribution in [-0.4, -0.2) is 24.5 Å². The maximum absolute atomic E-state index is 11.8. The quantitative estimate of drug-likeness (QED) is 0.893. The molecule has 0 unspecified atom stereocenters. The van der Waals surface area contributed by atoms with Crippen molar-refractivity contribution in [3.8, 4) is 0 Å². The van der Waals surface area contributed by atoms with Gasteiger partial charge in [-0.05, 0) is 12.1 Å². The Morgan fingerprint density at radius 1 is 1.41 bits per heavy atom. The number of thiophene rings is 1. The Morgan fingerprint density at radius 2 is 2.18 bits per heavy atom.